The second kappa shape index (κ2) is 10.1. The van der Waals surface area contributed by atoms with Gasteiger partial charge in [0.15, 0.2) is 0 Å². The van der Waals surface area contributed by atoms with Crippen molar-refractivity contribution in [3.8, 4) is 17.6 Å². The summed E-state index contributed by atoms with van der Waals surface area (Å²) in [6, 6.07) is 17.4. The van der Waals surface area contributed by atoms with Crippen molar-refractivity contribution in [1.29, 1.82) is 5.26 Å². The summed E-state index contributed by atoms with van der Waals surface area (Å²) in [5.74, 6) is 1.82. The topological polar surface area (TPSA) is 71.3 Å². The lowest BCUT2D eigenvalue weighted by Crippen LogP contribution is -2.21. The number of nitriles is 1. The SMILES string of the molecule is CC(C)c1ccc(OCCOc2ccc(CNC(=O)CC#N)cc2)cc1. The number of benzene rings is 2. The molecule has 0 bridgehead atoms. The number of nitrogens with one attached hydrogen (secondary N) is 1. The van der Waals surface area contributed by atoms with Crippen LogP contribution in [-0.2, 0) is 11.3 Å². The minimum absolute atomic E-state index is 0.124. The van der Waals surface area contributed by atoms with E-state index in [0.717, 1.165) is 17.1 Å². The lowest BCUT2D eigenvalue weighted by atomic mass is 10.0. The Labute approximate surface area is 154 Å². The molecule has 2 aromatic rings. The number of rotatable bonds is 9. The predicted octanol–water partition coefficient (Wildman–Crippen LogP) is 3.80. The normalized spacial score (nSPS) is 10.2. The highest BCUT2D eigenvalue weighted by Gasteiger charge is 2.02. The van der Waals surface area contributed by atoms with Gasteiger partial charge in [-0.25, -0.2) is 0 Å². The summed E-state index contributed by atoms with van der Waals surface area (Å²) in [4.78, 5) is 11.3. The Balaban J connectivity index is 1.69. The highest BCUT2D eigenvalue weighted by Crippen LogP contribution is 2.18. The highest BCUT2D eigenvalue weighted by molar-refractivity contribution is 5.77. The Morgan fingerprint density at radius 2 is 1.54 bits per heavy atom. The zero-order valence-electron chi connectivity index (χ0n) is 15.2. The number of hydrogen-bond acceptors (Lipinski definition) is 4. The molecule has 5 heteroatoms. The second-order valence-electron chi connectivity index (χ2n) is 6.18. The van der Waals surface area contributed by atoms with Gasteiger partial charge in [-0.2, -0.15) is 5.26 Å². The van der Waals surface area contributed by atoms with Crippen LogP contribution in [-0.4, -0.2) is 19.1 Å². The van der Waals surface area contributed by atoms with Crippen LogP contribution in [0.3, 0.4) is 0 Å². The first-order chi connectivity index (χ1) is 12.6. The molecule has 0 aliphatic rings. The van der Waals surface area contributed by atoms with E-state index in [-0.39, 0.29) is 12.3 Å². The molecule has 1 amide bonds. The molecule has 0 spiro atoms. The monoisotopic (exact) mass is 352 g/mol. The molecule has 0 aliphatic carbocycles. The van der Waals surface area contributed by atoms with Crippen LogP contribution in [0.25, 0.3) is 0 Å². The quantitative estimate of drug-likeness (QED) is 0.697. The van der Waals surface area contributed by atoms with Gasteiger partial charge < -0.3 is 14.8 Å². The van der Waals surface area contributed by atoms with Crippen LogP contribution in [0.1, 0.15) is 37.3 Å². The third-order valence-corrected chi connectivity index (χ3v) is 3.82. The van der Waals surface area contributed by atoms with Gasteiger partial charge in [0.05, 0.1) is 6.07 Å². The van der Waals surface area contributed by atoms with Crippen LogP contribution >= 0.6 is 0 Å². The Kier molecular flexibility index (Phi) is 7.50. The highest BCUT2D eigenvalue weighted by atomic mass is 16.5. The maximum absolute atomic E-state index is 11.3. The zero-order valence-corrected chi connectivity index (χ0v) is 15.2. The van der Waals surface area contributed by atoms with Crippen molar-refractivity contribution in [2.24, 2.45) is 0 Å². The molecule has 2 rings (SSSR count). The van der Waals surface area contributed by atoms with Gasteiger partial charge in [-0.1, -0.05) is 38.1 Å². The molecule has 0 radical (unpaired) electrons. The van der Waals surface area contributed by atoms with Gasteiger partial charge in [0.2, 0.25) is 5.91 Å². The minimum atomic E-state index is -0.272. The number of hydrogen-bond donors (Lipinski definition) is 1. The smallest absolute Gasteiger partial charge is 0.234 e. The Hall–Kier alpha value is -3.00. The molecule has 0 saturated carbocycles. The molecule has 26 heavy (non-hydrogen) atoms. The number of amides is 1. The average Bonchev–Trinajstić information content (AvgIpc) is 2.65. The molecule has 0 saturated heterocycles. The van der Waals surface area contributed by atoms with Crippen LogP contribution in [0.4, 0.5) is 0 Å². The molecule has 136 valence electrons. The lowest BCUT2D eigenvalue weighted by molar-refractivity contribution is -0.120. The molecule has 0 atom stereocenters. The minimum Gasteiger partial charge on any atom is -0.490 e. The summed E-state index contributed by atoms with van der Waals surface area (Å²) in [6.07, 6.45) is -0.124. The maximum Gasteiger partial charge on any atom is 0.234 e. The van der Waals surface area contributed by atoms with Gasteiger partial charge in [0.25, 0.3) is 0 Å². The first-order valence-corrected chi connectivity index (χ1v) is 8.66. The molecular weight excluding hydrogens is 328 g/mol. The summed E-state index contributed by atoms with van der Waals surface area (Å²) < 4.78 is 11.3. The van der Waals surface area contributed by atoms with E-state index in [4.69, 9.17) is 14.7 Å². The average molecular weight is 352 g/mol. The Morgan fingerprint density at radius 3 is 2.04 bits per heavy atom. The molecule has 5 nitrogen and oxygen atoms in total. The summed E-state index contributed by atoms with van der Waals surface area (Å²) in [6.45, 7) is 5.64. The Bertz CT molecular complexity index is 731. The van der Waals surface area contributed by atoms with E-state index in [0.29, 0.717) is 25.7 Å². The molecular formula is C21H24N2O3. The van der Waals surface area contributed by atoms with Crippen molar-refractivity contribution >= 4 is 5.91 Å². The van der Waals surface area contributed by atoms with Crippen LogP contribution in [0.2, 0.25) is 0 Å². The van der Waals surface area contributed by atoms with Crippen LogP contribution in [0.5, 0.6) is 11.5 Å². The van der Waals surface area contributed by atoms with Crippen LogP contribution in [0.15, 0.2) is 48.5 Å². The summed E-state index contributed by atoms with van der Waals surface area (Å²) in [5, 5.41) is 11.1. The van der Waals surface area contributed by atoms with Crippen molar-refractivity contribution in [3.63, 3.8) is 0 Å². The van der Waals surface area contributed by atoms with Gasteiger partial charge in [-0.05, 0) is 41.3 Å². The fraction of sp³-hybridized carbons (Fsp3) is 0.333. The van der Waals surface area contributed by atoms with Gasteiger partial charge in [-0.3, -0.25) is 4.79 Å². The first kappa shape index (κ1) is 19.3. The standard InChI is InChI=1S/C21H24N2O3/c1-16(2)18-5-9-20(10-6-18)26-14-13-25-19-7-3-17(4-8-19)15-23-21(24)11-12-22/h3-10,16H,11,13-15H2,1-2H3,(H,23,24). The van der Waals surface area contributed by atoms with Crippen LogP contribution < -0.4 is 14.8 Å². The molecule has 0 unspecified atom stereocenters. The fourth-order valence-electron chi connectivity index (χ4n) is 2.31. The third-order valence-electron chi connectivity index (χ3n) is 3.82. The van der Waals surface area contributed by atoms with Crippen molar-refractivity contribution in [3.05, 3.63) is 59.7 Å². The van der Waals surface area contributed by atoms with E-state index >= 15 is 0 Å². The Morgan fingerprint density at radius 1 is 1.00 bits per heavy atom. The summed E-state index contributed by atoms with van der Waals surface area (Å²) in [7, 11) is 0. The zero-order chi connectivity index (χ0) is 18.8. The fourth-order valence-corrected chi connectivity index (χ4v) is 2.31. The van der Waals surface area contributed by atoms with Gasteiger partial charge in [0, 0.05) is 6.54 Å². The molecule has 0 aromatic heterocycles. The first-order valence-electron chi connectivity index (χ1n) is 8.66. The second-order valence-corrected chi connectivity index (χ2v) is 6.18. The van der Waals surface area contributed by atoms with E-state index in [9.17, 15) is 4.79 Å². The van der Waals surface area contributed by atoms with Crippen molar-refractivity contribution in [2.45, 2.75) is 32.7 Å². The van der Waals surface area contributed by atoms with E-state index in [1.165, 1.54) is 5.56 Å². The number of carbonyl (C=O) groups excluding carboxylic acids is 1. The van der Waals surface area contributed by atoms with E-state index < -0.39 is 0 Å². The van der Waals surface area contributed by atoms with Crippen LogP contribution in [0, 0.1) is 11.3 Å². The number of nitrogens with zero attached hydrogens (tertiary/aromatic N) is 1. The van der Waals surface area contributed by atoms with E-state index in [1.54, 1.807) is 0 Å². The number of carbonyl (C=O) groups is 1. The number of ether oxygens (including phenoxy) is 2. The molecule has 0 aliphatic heterocycles. The van der Waals surface area contributed by atoms with Crippen molar-refractivity contribution in [1.82, 2.24) is 5.32 Å². The largest absolute Gasteiger partial charge is 0.490 e. The molecule has 1 N–H and O–H groups in total. The molecule has 0 heterocycles. The van der Waals surface area contributed by atoms with Gasteiger partial charge >= 0.3 is 0 Å². The summed E-state index contributed by atoms with van der Waals surface area (Å²) >= 11 is 0. The van der Waals surface area contributed by atoms with Gasteiger partial charge in [-0.15, -0.1) is 0 Å². The third kappa shape index (κ3) is 6.48. The van der Waals surface area contributed by atoms with Crippen molar-refractivity contribution < 1.29 is 14.3 Å². The van der Waals surface area contributed by atoms with E-state index in [2.05, 4.69) is 31.3 Å². The van der Waals surface area contributed by atoms with E-state index in [1.807, 2.05) is 42.5 Å². The van der Waals surface area contributed by atoms with Crippen molar-refractivity contribution in [2.75, 3.05) is 13.2 Å². The predicted molar refractivity (Wildman–Crippen MR) is 100 cm³/mol. The molecule has 0 fully saturated rings. The molecule has 2 aromatic carbocycles. The lowest BCUT2D eigenvalue weighted by Gasteiger charge is -2.10. The van der Waals surface area contributed by atoms with Gasteiger partial charge in [0.1, 0.15) is 31.1 Å². The maximum atomic E-state index is 11.3. The summed E-state index contributed by atoms with van der Waals surface area (Å²) in [5.41, 5.74) is 2.24.